The quantitative estimate of drug-likeness (QED) is 0.875. The van der Waals surface area contributed by atoms with Gasteiger partial charge in [0.1, 0.15) is 0 Å². The Kier molecular flexibility index (Phi) is 4.10. The number of anilines is 1. The lowest BCUT2D eigenvalue weighted by atomic mass is 9.98. The fourth-order valence-electron chi connectivity index (χ4n) is 2.62. The van der Waals surface area contributed by atoms with Gasteiger partial charge >= 0.3 is 0 Å². The number of primary amides is 1. The van der Waals surface area contributed by atoms with Crippen molar-refractivity contribution in [2.24, 2.45) is 5.73 Å². The minimum atomic E-state index is -0.373. The Bertz CT molecular complexity index is 472. The molecule has 0 saturated carbocycles. The number of nitrogens with zero attached hydrogens (tertiary/aromatic N) is 1. The molecule has 1 aromatic rings. The van der Waals surface area contributed by atoms with Crippen molar-refractivity contribution in [2.45, 2.75) is 38.8 Å². The molecule has 4 nitrogen and oxygen atoms in total. The summed E-state index contributed by atoms with van der Waals surface area (Å²) in [5.74, 6) is -0.373. The lowest BCUT2D eigenvalue weighted by Gasteiger charge is -2.36. The molecule has 19 heavy (non-hydrogen) atoms. The number of nitrogens with one attached hydrogen (secondary N) is 1. The SMILES string of the molecule is Cc1cc(C(N)=O)ccc1NC1CCN(C)C(C)C1. The van der Waals surface area contributed by atoms with Gasteiger partial charge in [-0.3, -0.25) is 4.79 Å². The van der Waals surface area contributed by atoms with Gasteiger partial charge in [0.05, 0.1) is 0 Å². The van der Waals surface area contributed by atoms with Gasteiger partial charge in [-0.2, -0.15) is 0 Å². The number of aryl methyl sites for hydroxylation is 1. The first-order valence-corrected chi connectivity index (χ1v) is 6.84. The summed E-state index contributed by atoms with van der Waals surface area (Å²) in [5, 5.41) is 3.59. The predicted molar refractivity (Wildman–Crippen MR) is 78.4 cm³/mol. The van der Waals surface area contributed by atoms with Gasteiger partial charge in [0.25, 0.3) is 0 Å². The average Bonchev–Trinajstić information content (AvgIpc) is 2.36. The van der Waals surface area contributed by atoms with Crippen molar-refractivity contribution < 1.29 is 4.79 Å². The Labute approximate surface area is 115 Å². The molecule has 0 aromatic heterocycles. The van der Waals surface area contributed by atoms with Gasteiger partial charge < -0.3 is 16.0 Å². The zero-order valence-electron chi connectivity index (χ0n) is 11.9. The fraction of sp³-hybridized carbons (Fsp3) is 0.533. The molecule has 0 aliphatic carbocycles. The monoisotopic (exact) mass is 261 g/mol. The molecular weight excluding hydrogens is 238 g/mol. The first-order chi connectivity index (χ1) is 8.97. The third-order valence-electron chi connectivity index (χ3n) is 4.08. The van der Waals surface area contributed by atoms with Crippen LogP contribution in [0, 0.1) is 6.92 Å². The molecule has 4 heteroatoms. The first kappa shape index (κ1) is 13.9. The highest BCUT2D eigenvalue weighted by molar-refractivity contribution is 5.93. The molecule has 2 rings (SSSR count). The standard InChI is InChI=1S/C15H23N3O/c1-10-8-12(15(16)19)4-5-14(10)17-13-6-7-18(3)11(2)9-13/h4-5,8,11,13,17H,6-7,9H2,1-3H3,(H2,16,19). The van der Waals surface area contributed by atoms with Crippen molar-refractivity contribution in [1.29, 1.82) is 0 Å². The number of likely N-dealkylation sites (tertiary alicyclic amines) is 1. The highest BCUT2D eigenvalue weighted by Crippen LogP contribution is 2.22. The van der Waals surface area contributed by atoms with E-state index in [4.69, 9.17) is 5.73 Å². The van der Waals surface area contributed by atoms with E-state index in [1.54, 1.807) is 6.07 Å². The summed E-state index contributed by atoms with van der Waals surface area (Å²) in [5.41, 5.74) is 8.03. The smallest absolute Gasteiger partial charge is 0.248 e. The van der Waals surface area contributed by atoms with Crippen molar-refractivity contribution in [3.05, 3.63) is 29.3 Å². The Balaban J connectivity index is 2.05. The van der Waals surface area contributed by atoms with Crippen LogP contribution in [-0.2, 0) is 0 Å². The van der Waals surface area contributed by atoms with Crippen LogP contribution >= 0.6 is 0 Å². The number of amides is 1. The first-order valence-electron chi connectivity index (χ1n) is 6.84. The Morgan fingerprint density at radius 1 is 1.47 bits per heavy atom. The van der Waals surface area contributed by atoms with Crippen LogP contribution in [0.25, 0.3) is 0 Å². The van der Waals surface area contributed by atoms with Crippen LogP contribution in [0.3, 0.4) is 0 Å². The third-order valence-corrected chi connectivity index (χ3v) is 4.08. The summed E-state index contributed by atoms with van der Waals surface area (Å²) < 4.78 is 0. The van der Waals surface area contributed by atoms with E-state index in [0.717, 1.165) is 30.6 Å². The topological polar surface area (TPSA) is 58.4 Å². The van der Waals surface area contributed by atoms with Gasteiger partial charge in [0.2, 0.25) is 5.91 Å². The number of piperidine rings is 1. The summed E-state index contributed by atoms with van der Waals surface area (Å²) in [6.45, 7) is 5.39. The number of hydrogen-bond donors (Lipinski definition) is 2. The van der Waals surface area contributed by atoms with Gasteiger partial charge in [-0.1, -0.05) is 0 Å². The van der Waals surface area contributed by atoms with Gasteiger partial charge in [0.15, 0.2) is 0 Å². The molecule has 1 aliphatic rings. The largest absolute Gasteiger partial charge is 0.382 e. The van der Waals surface area contributed by atoms with E-state index in [2.05, 4.69) is 24.2 Å². The second-order valence-corrected chi connectivity index (χ2v) is 5.59. The number of benzene rings is 1. The molecule has 2 unspecified atom stereocenters. The van der Waals surface area contributed by atoms with Gasteiger partial charge in [0, 0.05) is 29.9 Å². The number of hydrogen-bond acceptors (Lipinski definition) is 3. The molecule has 2 atom stereocenters. The van der Waals surface area contributed by atoms with E-state index in [0.29, 0.717) is 17.6 Å². The Morgan fingerprint density at radius 2 is 2.21 bits per heavy atom. The van der Waals surface area contributed by atoms with E-state index >= 15 is 0 Å². The maximum atomic E-state index is 11.1. The second kappa shape index (κ2) is 5.61. The molecule has 1 amide bonds. The maximum Gasteiger partial charge on any atom is 0.248 e. The molecular formula is C15H23N3O. The molecule has 0 spiro atoms. The summed E-state index contributed by atoms with van der Waals surface area (Å²) in [4.78, 5) is 13.5. The minimum absolute atomic E-state index is 0.373. The number of carbonyl (C=O) groups is 1. The van der Waals surface area contributed by atoms with Crippen LogP contribution in [0.5, 0.6) is 0 Å². The van der Waals surface area contributed by atoms with Crippen LogP contribution in [0.2, 0.25) is 0 Å². The van der Waals surface area contributed by atoms with E-state index in [1.165, 1.54) is 0 Å². The molecule has 3 N–H and O–H groups in total. The van der Waals surface area contributed by atoms with E-state index < -0.39 is 0 Å². The lowest BCUT2D eigenvalue weighted by molar-refractivity contribution is 0.1000. The van der Waals surface area contributed by atoms with E-state index in [9.17, 15) is 4.79 Å². The second-order valence-electron chi connectivity index (χ2n) is 5.59. The third kappa shape index (κ3) is 3.26. The number of rotatable bonds is 3. The molecule has 0 radical (unpaired) electrons. The van der Waals surface area contributed by atoms with Crippen molar-refractivity contribution in [3.8, 4) is 0 Å². The van der Waals surface area contributed by atoms with Crippen LogP contribution in [0.15, 0.2) is 18.2 Å². The summed E-state index contributed by atoms with van der Waals surface area (Å²) in [6, 6.07) is 6.71. The fourth-order valence-corrected chi connectivity index (χ4v) is 2.62. The lowest BCUT2D eigenvalue weighted by Crippen LogP contribution is -2.42. The van der Waals surface area contributed by atoms with Crippen LogP contribution in [0.1, 0.15) is 35.7 Å². The highest BCUT2D eigenvalue weighted by atomic mass is 16.1. The maximum absolute atomic E-state index is 11.1. The van der Waals surface area contributed by atoms with Crippen molar-refractivity contribution in [1.82, 2.24) is 4.90 Å². The summed E-state index contributed by atoms with van der Waals surface area (Å²) in [7, 11) is 2.17. The molecule has 0 bridgehead atoms. The van der Waals surface area contributed by atoms with E-state index in [-0.39, 0.29) is 5.91 Å². The predicted octanol–water partition coefficient (Wildman–Crippen LogP) is 1.99. The van der Waals surface area contributed by atoms with E-state index in [1.807, 2.05) is 19.1 Å². The summed E-state index contributed by atoms with van der Waals surface area (Å²) in [6.07, 6.45) is 2.30. The zero-order chi connectivity index (χ0) is 14.0. The van der Waals surface area contributed by atoms with Crippen molar-refractivity contribution >= 4 is 11.6 Å². The van der Waals surface area contributed by atoms with Crippen molar-refractivity contribution in [2.75, 3.05) is 18.9 Å². The average molecular weight is 261 g/mol. The summed E-state index contributed by atoms with van der Waals surface area (Å²) >= 11 is 0. The Hall–Kier alpha value is -1.55. The number of nitrogens with two attached hydrogens (primary N) is 1. The molecule has 1 fully saturated rings. The molecule has 1 heterocycles. The van der Waals surface area contributed by atoms with Gasteiger partial charge in [-0.15, -0.1) is 0 Å². The minimum Gasteiger partial charge on any atom is -0.382 e. The highest BCUT2D eigenvalue weighted by Gasteiger charge is 2.22. The normalized spacial score (nSPS) is 24.2. The molecule has 104 valence electrons. The zero-order valence-corrected chi connectivity index (χ0v) is 11.9. The van der Waals surface area contributed by atoms with Crippen LogP contribution in [0.4, 0.5) is 5.69 Å². The molecule has 1 aliphatic heterocycles. The van der Waals surface area contributed by atoms with Gasteiger partial charge in [-0.05, 0) is 57.5 Å². The van der Waals surface area contributed by atoms with Crippen LogP contribution in [-0.4, -0.2) is 36.5 Å². The molecule has 1 aromatic carbocycles. The van der Waals surface area contributed by atoms with Crippen LogP contribution < -0.4 is 11.1 Å². The number of carbonyl (C=O) groups excluding carboxylic acids is 1. The van der Waals surface area contributed by atoms with Crippen molar-refractivity contribution in [3.63, 3.8) is 0 Å². The van der Waals surface area contributed by atoms with Gasteiger partial charge in [-0.25, -0.2) is 0 Å². The molecule has 1 saturated heterocycles. The Morgan fingerprint density at radius 3 is 2.79 bits per heavy atom.